The minimum Gasteiger partial charge on any atom is -0.299 e. The van der Waals surface area contributed by atoms with Crippen molar-refractivity contribution < 1.29 is 14.4 Å². The molecule has 0 unspecified atom stereocenters. The highest BCUT2D eigenvalue weighted by Gasteiger charge is 2.62. The lowest BCUT2D eigenvalue weighted by atomic mass is 9.56. The van der Waals surface area contributed by atoms with Crippen LogP contribution in [-0.4, -0.2) is 17.6 Å². The molecule has 2 aromatic rings. The number of halogens is 2. The van der Waals surface area contributed by atoms with Crippen molar-refractivity contribution >= 4 is 46.5 Å². The average molecular weight is 386 g/mol. The maximum atomic E-state index is 13.2. The molecule has 0 aromatic heterocycles. The van der Waals surface area contributed by atoms with Gasteiger partial charge in [0.1, 0.15) is 5.78 Å². The van der Waals surface area contributed by atoms with E-state index in [9.17, 15) is 14.4 Å². The van der Waals surface area contributed by atoms with Gasteiger partial charge in [0, 0.05) is 12.3 Å². The van der Waals surface area contributed by atoms with Crippen molar-refractivity contribution in [2.45, 2.75) is 18.3 Å². The van der Waals surface area contributed by atoms with Gasteiger partial charge in [-0.25, -0.2) is 4.90 Å². The Morgan fingerprint density at radius 1 is 0.846 bits per heavy atom. The molecule has 1 heterocycles. The molecule has 2 fully saturated rings. The van der Waals surface area contributed by atoms with Gasteiger partial charge < -0.3 is 0 Å². The molecule has 6 rings (SSSR count). The second kappa shape index (κ2) is 5.41. The summed E-state index contributed by atoms with van der Waals surface area (Å²) in [4.78, 5) is 40.2. The highest BCUT2D eigenvalue weighted by Crippen LogP contribution is 2.57. The van der Waals surface area contributed by atoms with Crippen LogP contribution in [0.4, 0.5) is 5.69 Å². The molecule has 26 heavy (non-hydrogen) atoms. The number of amides is 2. The summed E-state index contributed by atoms with van der Waals surface area (Å²) < 4.78 is 0. The summed E-state index contributed by atoms with van der Waals surface area (Å²) in [6.07, 6.45) is 0.317. The summed E-state index contributed by atoms with van der Waals surface area (Å²) >= 11 is 12.0. The summed E-state index contributed by atoms with van der Waals surface area (Å²) in [5, 5.41) is 0.636. The van der Waals surface area contributed by atoms with E-state index in [1.54, 1.807) is 12.1 Å². The predicted octanol–water partition coefficient (Wildman–Crippen LogP) is 3.95. The molecule has 130 valence electrons. The topological polar surface area (TPSA) is 54.5 Å². The number of benzene rings is 2. The van der Waals surface area contributed by atoms with Crippen molar-refractivity contribution in [2.24, 2.45) is 11.8 Å². The molecule has 4 aliphatic rings. The van der Waals surface area contributed by atoms with Gasteiger partial charge in [-0.1, -0.05) is 47.5 Å². The molecule has 0 radical (unpaired) electrons. The SMILES string of the molecule is O=C1C[C@H]2c3ccccc3[C@H]1[C@H]1C(=O)N(c3ccc(Cl)c(Cl)c3)C(=O)[C@@H]12. The number of hydrogen-bond donors (Lipinski definition) is 0. The highest BCUT2D eigenvalue weighted by molar-refractivity contribution is 6.42. The van der Waals surface area contributed by atoms with Gasteiger partial charge in [0.2, 0.25) is 11.8 Å². The molecule has 0 N–H and O–H groups in total. The van der Waals surface area contributed by atoms with Crippen molar-refractivity contribution in [3.63, 3.8) is 0 Å². The van der Waals surface area contributed by atoms with Crippen molar-refractivity contribution in [3.05, 3.63) is 63.6 Å². The fraction of sp³-hybridized carbons (Fsp3) is 0.250. The molecule has 4 atom stereocenters. The van der Waals surface area contributed by atoms with Crippen LogP contribution in [0, 0.1) is 11.8 Å². The summed E-state index contributed by atoms with van der Waals surface area (Å²) in [6, 6.07) is 12.4. The number of carbonyl (C=O) groups is 3. The van der Waals surface area contributed by atoms with E-state index in [1.807, 2.05) is 24.3 Å². The number of imide groups is 1. The lowest BCUT2D eigenvalue weighted by molar-refractivity contribution is -0.134. The number of anilines is 1. The molecule has 3 aliphatic carbocycles. The van der Waals surface area contributed by atoms with Crippen molar-refractivity contribution in [1.82, 2.24) is 0 Å². The Morgan fingerprint density at radius 3 is 2.27 bits per heavy atom. The van der Waals surface area contributed by atoms with Crippen LogP contribution in [0.1, 0.15) is 29.4 Å². The number of hydrogen-bond acceptors (Lipinski definition) is 3. The van der Waals surface area contributed by atoms with Gasteiger partial charge in [-0.05, 0) is 29.3 Å². The maximum absolute atomic E-state index is 13.2. The van der Waals surface area contributed by atoms with E-state index in [4.69, 9.17) is 23.2 Å². The fourth-order valence-electron chi connectivity index (χ4n) is 4.84. The van der Waals surface area contributed by atoms with E-state index in [2.05, 4.69) is 0 Å². The molecule has 2 bridgehead atoms. The maximum Gasteiger partial charge on any atom is 0.238 e. The van der Waals surface area contributed by atoms with Gasteiger partial charge in [-0.3, -0.25) is 14.4 Å². The number of rotatable bonds is 1. The zero-order chi connectivity index (χ0) is 18.2. The van der Waals surface area contributed by atoms with Crippen molar-refractivity contribution in [1.29, 1.82) is 0 Å². The van der Waals surface area contributed by atoms with Crippen LogP contribution in [0.2, 0.25) is 10.0 Å². The van der Waals surface area contributed by atoms with E-state index in [0.717, 1.165) is 11.1 Å². The monoisotopic (exact) mass is 385 g/mol. The minimum atomic E-state index is -0.627. The van der Waals surface area contributed by atoms with Gasteiger partial charge in [-0.2, -0.15) is 0 Å². The Bertz CT molecular complexity index is 1000. The molecular formula is C20H13Cl2NO3. The number of carbonyl (C=O) groups excluding carboxylic acids is 3. The first kappa shape index (κ1) is 16.0. The second-order valence-corrected chi connectivity index (χ2v) is 7.86. The quantitative estimate of drug-likeness (QED) is 0.698. The van der Waals surface area contributed by atoms with E-state index < -0.39 is 17.8 Å². The van der Waals surface area contributed by atoms with Gasteiger partial charge in [0.25, 0.3) is 0 Å². The normalized spacial score (nSPS) is 29.2. The van der Waals surface area contributed by atoms with Gasteiger partial charge in [-0.15, -0.1) is 0 Å². The van der Waals surface area contributed by atoms with Crippen LogP contribution >= 0.6 is 23.2 Å². The third-order valence-corrected chi connectivity index (χ3v) is 6.59. The standard InChI is InChI=1S/C20H13Cl2NO3/c21-13-6-5-9(7-14(13)22)23-19(25)17-12-8-15(24)16(18(17)20(23)26)11-4-2-1-3-10(11)12/h1-7,12,16-18H,8H2/t12-,16+,17+,18+/m0/s1. The summed E-state index contributed by atoms with van der Waals surface area (Å²) in [5.41, 5.74) is 2.32. The van der Waals surface area contributed by atoms with Crippen molar-refractivity contribution in [2.75, 3.05) is 4.90 Å². The molecule has 1 saturated carbocycles. The lowest BCUT2D eigenvalue weighted by Gasteiger charge is -2.43. The van der Waals surface area contributed by atoms with Crippen LogP contribution < -0.4 is 4.90 Å². The summed E-state index contributed by atoms with van der Waals surface area (Å²) in [6.45, 7) is 0. The van der Waals surface area contributed by atoms with E-state index in [0.29, 0.717) is 17.1 Å². The first-order chi connectivity index (χ1) is 12.5. The zero-order valence-corrected chi connectivity index (χ0v) is 15.0. The number of Topliss-reactive ketones (excluding diaryl/α,β-unsaturated/α-hetero) is 1. The third kappa shape index (κ3) is 1.94. The largest absolute Gasteiger partial charge is 0.299 e. The Hall–Kier alpha value is -2.17. The number of nitrogens with zero attached hydrogens (tertiary/aromatic N) is 1. The van der Waals surface area contributed by atoms with Crippen molar-refractivity contribution in [3.8, 4) is 0 Å². The van der Waals surface area contributed by atoms with Crippen LogP contribution in [0.25, 0.3) is 0 Å². The lowest BCUT2D eigenvalue weighted by Crippen LogP contribution is -2.44. The van der Waals surface area contributed by atoms with E-state index >= 15 is 0 Å². The molecule has 1 saturated heterocycles. The van der Waals surface area contributed by atoms with Crippen LogP contribution in [0.15, 0.2) is 42.5 Å². The smallest absolute Gasteiger partial charge is 0.238 e. The van der Waals surface area contributed by atoms with E-state index in [1.165, 1.54) is 11.0 Å². The van der Waals surface area contributed by atoms with Crippen LogP contribution in [-0.2, 0) is 14.4 Å². The Kier molecular flexibility index (Phi) is 3.34. The van der Waals surface area contributed by atoms with Gasteiger partial charge in [0.05, 0.1) is 33.5 Å². The first-order valence-electron chi connectivity index (χ1n) is 8.43. The molecular weight excluding hydrogens is 373 g/mol. The summed E-state index contributed by atoms with van der Waals surface area (Å²) in [5.74, 6) is -2.42. The Labute approximate surface area is 159 Å². The fourth-order valence-corrected chi connectivity index (χ4v) is 5.13. The highest BCUT2D eigenvalue weighted by atomic mass is 35.5. The molecule has 2 amide bonds. The van der Waals surface area contributed by atoms with Gasteiger partial charge >= 0.3 is 0 Å². The molecule has 2 aromatic carbocycles. The Morgan fingerprint density at radius 2 is 1.54 bits per heavy atom. The second-order valence-electron chi connectivity index (χ2n) is 7.05. The molecule has 0 spiro atoms. The third-order valence-electron chi connectivity index (χ3n) is 5.85. The average Bonchev–Trinajstić information content (AvgIpc) is 2.90. The molecule has 4 nitrogen and oxygen atoms in total. The first-order valence-corrected chi connectivity index (χ1v) is 9.19. The molecule has 1 aliphatic heterocycles. The predicted molar refractivity (Wildman–Crippen MR) is 97.5 cm³/mol. The van der Waals surface area contributed by atoms with Crippen LogP contribution in [0.3, 0.4) is 0 Å². The Balaban J connectivity index is 1.65. The van der Waals surface area contributed by atoms with Gasteiger partial charge in [0.15, 0.2) is 0 Å². The number of fused-ring (bicyclic) bond motifs is 1. The number of ketones is 1. The van der Waals surface area contributed by atoms with Crippen LogP contribution in [0.5, 0.6) is 0 Å². The minimum absolute atomic E-state index is 0.0482. The van der Waals surface area contributed by atoms with E-state index in [-0.39, 0.29) is 28.5 Å². The zero-order valence-electron chi connectivity index (χ0n) is 13.5. The summed E-state index contributed by atoms with van der Waals surface area (Å²) in [7, 11) is 0. The molecule has 6 heteroatoms.